The fourth-order valence-electron chi connectivity index (χ4n) is 12.2. The van der Waals surface area contributed by atoms with Crippen molar-refractivity contribution >= 4 is 11.9 Å². The number of hydrogen-bond donors (Lipinski definition) is 6. The molecule has 532 valence electrons. The zero-order valence-electron chi connectivity index (χ0n) is 59.5. The quantitative estimate of drug-likeness (QED) is 0.0195. The number of ether oxygens (including phenoxy) is 3. The lowest BCUT2D eigenvalue weighted by molar-refractivity contribution is -0.305. The molecule has 1 saturated heterocycles. The first-order valence-corrected chi connectivity index (χ1v) is 39.1. The van der Waals surface area contributed by atoms with Crippen molar-refractivity contribution < 1.29 is 49.3 Å². The van der Waals surface area contributed by atoms with Crippen LogP contribution in [0.3, 0.4) is 0 Å². The summed E-state index contributed by atoms with van der Waals surface area (Å²) in [6, 6.07) is -1.03. The lowest BCUT2D eigenvalue weighted by Gasteiger charge is -2.41. The normalized spacial score (nSPS) is 18.3. The Balaban J connectivity index is 2.48. The van der Waals surface area contributed by atoms with Gasteiger partial charge in [0.15, 0.2) is 12.4 Å². The van der Waals surface area contributed by atoms with E-state index in [9.17, 15) is 35.1 Å². The fraction of sp³-hybridized carbons (Fsp3) is 0.850. The van der Waals surface area contributed by atoms with E-state index in [2.05, 4.69) is 74.7 Å². The highest BCUT2D eigenvalue weighted by Crippen LogP contribution is 2.27. The number of aliphatic hydroxyl groups is 5. The van der Waals surface area contributed by atoms with Gasteiger partial charge in [0.25, 0.3) is 0 Å². The van der Waals surface area contributed by atoms with Crippen LogP contribution in [0.1, 0.15) is 374 Å². The molecule has 11 nitrogen and oxygen atoms in total. The highest BCUT2D eigenvalue weighted by Gasteiger charge is 2.47. The Labute approximate surface area is 560 Å². The van der Waals surface area contributed by atoms with Crippen LogP contribution in [0.5, 0.6) is 0 Å². The van der Waals surface area contributed by atoms with Gasteiger partial charge in [-0.2, -0.15) is 0 Å². The molecule has 1 rings (SSSR count). The lowest BCUT2D eigenvalue weighted by atomic mass is 9.99. The predicted octanol–water partition coefficient (Wildman–Crippen LogP) is 20.9. The maximum atomic E-state index is 13.5. The van der Waals surface area contributed by atoms with Crippen LogP contribution in [-0.4, -0.2) is 99.6 Å². The number of aliphatic hydroxyl groups excluding tert-OH is 5. The Morgan fingerprint density at radius 1 is 0.429 bits per heavy atom. The molecule has 1 amide bonds. The van der Waals surface area contributed by atoms with Gasteiger partial charge in [0.05, 0.1) is 25.4 Å². The fourth-order valence-corrected chi connectivity index (χ4v) is 12.2. The number of hydrogen-bond acceptors (Lipinski definition) is 10. The number of nitrogens with one attached hydrogen (secondary N) is 1. The Hall–Kier alpha value is -2.64. The third kappa shape index (κ3) is 54.2. The lowest BCUT2D eigenvalue weighted by Crippen LogP contribution is -2.61. The van der Waals surface area contributed by atoms with Crippen molar-refractivity contribution in [2.24, 2.45) is 0 Å². The Kier molecular flexibility index (Phi) is 63.9. The van der Waals surface area contributed by atoms with Crippen LogP contribution in [0.4, 0.5) is 0 Å². The first-order valence-electron chi connectivity index (χ1n) is 39.1. The topological polar surface area (TPSA) is 175 Å². The summed E-state index contributed by atoms with van der Waals surface area (Å²) in [7, 11) is 0. The summed E-state index contributed by atoms with van der Waals surface area (Å²) in [6.45, 7) is 5.81. The number of carbonyl (C=O) groups is 2. The van der Waals surface area contributed by atoms with Crippen molar-refractivity contribution in [3.05, 3.63) is 60.8 Å². The first-order chi connectivity index (χ1) is 44.7. The second kappa shape index (κ2) is 67.3. The second-order valence-corrected chi connectivity index (χ2v) is 27.1. The van der Waals surface area contributed by atoms with E-state index in [-0.39, 0.29) is 13.0 Å². The summed E-state index contributed by atoms with van der Waals surface area (Å²) >= 11 is 0. The van der Waals surface area contributed by atoms with Gasteiger partial charge in [-0.1, -0.05) is 338 Å². The SMILES string of the molecule is CCCCC/C=C\C/C=C\C/C=C\CCCCCCCCCCCCCCCC(O)C(=O)NC(COC1OC(CO)C(O)C(O)C1OC(=O)CCCCCCCCCCCCCCCCC/C=C/CCCCCCCC)C(O)/C=C/CCCCCCCCCCC. The molecule has 8 unspecified atom stereocenters. The number of carbonyl (C=O) groups excluding carboxylic acids is 2. The van der Waals surface area contributed by atoms with Crippen LogP contribution < -0.4 is 5.32 Å². The minimum absolute atomic E-state index is 0.126. The Morgan fingerprint density at radius 3 is 1.16 bits per heavy atom. The van der Waals surface area contributed by atoms with Crippen molar-refractivity contribution in [1.82, 2.24) is 5.32 Å². The van der Waals surface area contributed by atoms with Gasteiger partial charge >= 0.3 is 5.97 Å². The van der Waals surface area contributed by atoms with Gasteiger partial charge in [-0.3, -0.25) is 9.59 Å². The van der Waals surface area contributed by atoms with Gasteiger partial charge in [0.1, 0.15) is 24.4 Å². The second-order valence-electron chi connectivity index (χ2n) is 27.1. The van der Waals surface area contributed by atoms with Gasteiger partial charge in [-0.25, -0.2) is 0 Å². The molecule has 0 aromatic heterocycles. The molecule has 0 aromatic rings. The molecular weight excluding hydrogens is 1130 g/mol. The van der Waals surface area contributed by atoms with Crippen molar-refractivity contribution in [1.29, 1.82) is 0 Å². The molecule has 1 aliphatic heterocycles. The molecule has 91 heavy (non-hydrogen) atoms. The van der Waals surface area contributed by atoms with Crippen LogP contribution in [0.25, 0.3) is 0 Å². The Bertz CT molecular complexity index is 1720. The number of esters is 1. The predicted molar refractivity (Wildman–Crippen MR) is 384 cm³/mol. The number of rotatable bonds is 68. The number of allylic oxidation sites excluding steroid dienone is 9. The van der Waals surface area contributed by atoms with E-state index in [1.165, 1.54) is 257 Å². The van der Waals surface area contributed by atoms with Gasteiger partial charge < -0.3 is 45.1 Å². The maximum Gasteiger partial charge on any atom is 0.306 e. The van der Waals surface area contributed by atoms with E-state index < -0.39 is 67.4 Å². The first kappa shape index (κ1) is 86.4. The maximum absolute atomic E-state index is 13.5. The van der Waals surface area contributed by atoms with Crippen LogP contribution in [-0.2, 0) is 23.8 Å². The molecular formula is C80H147NO10. The number of unbranched alkanes of at least 4 members (excludes halogenated alkanes) is 46. The highest BCUT2D eigenvalue weighted by atomic mass is 16.7. The van der Waals surface area contributed by atoms with Crippen LogP contribution in [0, 0.1) is 0 Å². The molecule has 1 fully saturated rings. The van der Waals surface area contributed by atoms with E-state index in [1.54, 1.807) is 6.08 Å². The van der Waals surface area contributed by atoms with E-state index in [4.69, 9.17) is 14.2 Å². The molecule has 0 aliphatic carbocycles. The Morgan fingerprint density at radius 2 is 0.758 bits per heavy atom. The monoisotopic (exact) mass is 1280 g/mol. The van der Waals surface area contributed by atoms with Crippen LogP contribution in [0.15, 0.2) is 60.8 Å². The van der Waals surface area contributed by atoms with Crippen molar-refractivity contribution in [2.45, 2.75) is 423 Å². The minimum Gasteiger partial charge on any atom is -0.454 e. The summed E-state index contributed by atoms with van der Waals surface area (Å²) in [5.74, 6) is -1.18. The summed E-state index contributed by atoms with van der Waals surface area (Å²) in [6.07, 6.45) is 77.1. The molecule has 1 heterocycles. The molecule has 0 bridgehead atoms. The largest absolute Gasteiger partial charge is 0.454 e. The standard InChI is InChI=1S/C80H147NO10/c1-4-7-10-13-16-19-22-24-26-28-30-32-34-36-38-39-41-43-45-47-49-52-55-58-61-64-67-73(84)79(88)81-71(72(83)66-63-60-57-54-51-21-18-15-12-9-6-3)70-89-80-78(77(87)76(86)74(69-82)90-80)91-75(85)68-65-62-59-56-53-50-48-46-44-42-40-37-35-33-31-29-27-25-23-20-17-14-11-8-5-2/h16,19,24-27,30,32,63,66,71-74,76-78,80,82-84,86-87H,4-15,17-18,20-23,28-29,31,33-62,64-65,67-70H2,1-3H3,(H,81,88)/b19-16-,26-24-,27-25+,32-30-,66-63+. The molecule has 11 heteroatoms. The summed E-state index contributed by atoms with van der Waals surface area (Å²) in [5, 5.41) is 57.4. The van der Waals surface area contributed by atoms with E-state index in [0.717, 1.165) is 70.6 Å². The van der Waals surface area contributed by atoms with Crippen molar-refractivity contribution in [3.63, 3.8) is 0 Å². The van der Waals surface area contributed by atoms with Gasteiger partial charge in [0.2, 0.25) is 5.91 Å². The molecule has 0 aromatic carbocycles. The van der Waals surface area contributed by atoms with Crippen LogP contribution in [0.2, 0.25) is 0 Å². The average molecular weight is 1280 g/mol. The van der Waals surface area contributed by atoms with Gasteiger partial charge in [-0.15, -0.1) is 0 Å². The average Bonchev–Trinajstić information content (AvgIpc) is 1.02. The zero-order valence-corrected chi connectivity index (χ0v) is 59.5. The van der Waals surface area contributed by atoms with E-state index in [1.807, 2.05) is 6.08 Å². The molecule has 0 radical (unpaired) electrons. The summed E-state index contributed by atoms with van der Waals surface area (Å²) in [5.41, 5.74) is 0. The van der Waals surface area contributed by atoms with E-state index in [0.29, 0.717) is 19.3 Å². The molecule has 6 N–H and O–H groups in total. The molecule has 0 spiro atoms. The highest BCUT2D eigenvalue weighted by molar-refractivity contribution is 5.80. The zero-order chi connectivity index (χ0) is 66.0. The third-order valence-corrected chi connectivity index (χ3v) is 18.4. The summed E-state index contributed by atoms with van der Waals surface area (Å²) < 4.78 is 17.7. The summed E-state index contributed by atoms with van der Waals surface area (Å²) in [4.78, 5) is 26.7. The molecule has 0 saturated carbocycles. The minimum atomic E-state index is -1.61. The molecule has 1 aliphatic rings. The van der Waals surface area contributed by atoms with Crippen molar-refractivity contribution in [3.8, 4) is 0 Å². The smallest absolute Gasteiger partial charge is 0.306 e. The molecule has 8 atom stereocenters. The number of amides is 1. The van der Waals surface area contributed by atoms with Crippen molar-refractivity contribution in [2.75, 3.05) is 13.2 Å². The van der Waals surface area contributed by atoms with Crippen LogP contribution >= 0.6 is 0 Å². The third-order valence-electron chi connectivity index (χ3n) is 18.4. The van der Waals surface area contributed by atoms with Gasteiger partial charge in [-0.05, 0) is 89.9 Å². The van der Waals surface area contributed by atoms with Gasteiger partial charge in [0, 0.05) is 6.42 Å². The van der Waals surface area contributed by atoms with E-state index >= 15 is 0 Å².